The van der Waals surface area contributed by atoms with Gasteiger partial charge in [-0.25, -0.2) is 8.42 Å². The second kappa shape index (κ2) is 6.20. The number of nitrogens with one attached hydrogen (secondary N) is 1. The average molecular weight is 318 g/mol. The Hall–Kier alpha value is -0.700. The van der Waals surface area contributed by atoms with Crippen LogP contribution < -0.4 is 5.32 Å². The van der Waals surface area contributed by atoms with Crippen LogP contribution in [0.4, 0.5) is 0 Å². The van der Waals surface area contributed by atoms with Gasteiger partial charge < -0.3 is 10.2 Å². The molecule has 1 N–H and O–H groups in total. The Morgan fingerprint density at radius 2 is 1.76 bits per heavy atom. The number of nitrogens with zero attached hydrogens (tertiary/aromatic N) is 3. The van der Waals surface area contributed by atoms with Crippen molar-refractivity contribution in [2.24, 2.45) is 0 Å². The first-order chi connectivity index (χ1) is 9.75. The number of sulfonamides is 1. The van der Waals surface area contributed by atoms with Crippen molar-refractivity contribution in [1.29, 1.82) is 0 Å². The summed E-state index contributed by atoms with van der Waals surface area (Å²) in [6.07, 6.45) is 0. The highest BCUT2D eigenvalue weighted by molar-refractivity contribution is 7.89. The highest BCUT2D eigenvalue weighted by atomic mass is 32.2. The van der Waals surface area contributed by atoms with E-state index in [0.717, 1.165) is 26.2 Å². The molecule has 2 saturated heterocycles. The van der Waals surface area contributed by atoms with Crippen molar-refractivity contribution < 1.29 is 13.2 Å². The van der Waals surface area contributed by atoms with Gasteiger partial charge in [-0.2, -0.15) is 4.31 Å². The first kappa shape index (κ1) is 16.7. The molecule has 8 heteroatoms. The molecule has 0 aromatic carbocycles. The van der Waals surface area contributed by atoms with Gasteiger partial charge in [-0.3, -0.25) is 9.69 Å². The Kier molecular flexibility index (Phi) is 4.92. The van der Waals surface area contributed by atoms with Gasteiger partial charge in [-0.05, 0) is 13.8 Å². The summed E-state index contributed by atoms with van der Waals surface area (Å²) < 4.78 is 26.6. The second-order valence-electron chi connectivity index (χ2n) is 6.27. The van der Waals surface area contributed by atoms with Crippen LogP contribution in [-0.2, 0) is 14.8 Å². The summed E-state index contributed by atoms with van der Waals surface area (Å²) in [5, 5.41) is 3.25. The minimum absolute atomic E-state index is 0.0768. The summed E-state index contributed by atoms with van der Waals surface area (Å²) in [5.74, 6) is -0.0625. The molecule has 0 unspecified atom stereocenters. The van der Waals surface area contributed by atoms with Gasteiger partial charge in [-0.15, -0.1) is 0 Å². The zero-order chi connectivity index (χ0) is 15.7. The molecule has 1 amide bonds. The molecule has 0 aromatic heterocycles. The zero-order valence-electron chi connectivity index (χ0n) is 13.1. The Balaban J connectivity index is 2.02. The second-order valence-corrected chi connectivity index (χ2v) is 8.28. The van der Waals surface area contributed by atoms with Gasteiger partial charge in [0.05, 0.1) is 5.75 Å². The number of carbonyl (C=O) groups excluding carboxylic acids is 1. The van der Waals surface area contributed by atoms with Crippen LogP contribution in [0.25, 0.3) is 0 Å². The fraction of sp³-hybridized carbons (Fsp3) is 0.923. The monoisotopic (exact) mass is 318 g/mol. The molecule has 0 aliphatic carbocycles. The summed E-state index contributed by atoms with van der Waals surface area (Å²) >= 11 is 0. The van der Waals surface area contributed by atoms with Gasteiger partial charge in [0.1, 0.15) is 5.54 Å². The molecule has 0 bridgehead atoms. The Morgan fingerprint density at radius 3 is 2.38 bits per heavy atom. The van der Waals surface area contributed by atoms with Crippen LogP contribution in [-0.4, -0.2) is 92.6 Å². The number of likely N-dealkylation sites (N-methyl/N-ethyl adjacent to an activating group) is 1. The van der Waals surface area contributed by atoms with Crippen LogP contribution in [0.1, 0.15) is 13.8 Å². The maximum absolute atomic E-state index is 12.6. The van der Waals surface area contributed by atoms with E-state index in [-0.39, 0.29) is 11.7 Å². The average Bonchev–Trinajstić information content (AvgIpc) is 2.43. The van der Waals surface area contributed by atoms with Crippen molar-refractivity contribution in [3.63, 3.8) is 0 Å². The highest BCUT2D eigenvalue weighted by Gasteiger charge is 2.46. The molecule has 2 rings (SSSR count). The number of hydrogen-bond acceptors (Lipinski definition) is 5. The van der Waals surface area contributed by atoms with Crippen LogP contribution in [0.2, 0.25) is 0 Å². The van der Waals surface area contributed by atoms with E-state index in [1.54, 1.807) is 25.8 Å². The van der Waals surface area contributed by atoms with Gasteiger partial charge in [0.2, 0.25) is 15.9 Å². The van der Waals surface area contributed by atoms with Crippen LogP contribution in [0.5, 0.6) is 0 Å². The van der Waals surface area contributed by atoms with Crippen molar-refractivity contribution in [3.05, 3.63) is 0 Å². The van der Waals surface area contributed by atoms with E-state index >= 15 is 0 Å². The van der Waals surface area contributed by atoms with Crippen LogP contribution in [0.15, 0.2) is 0 Å². The number of amides is 1. The van der Waals surface area contributed by atoms with Crippen molar-refractivity contribution in [2.75, 3.05) is 58.6 Å². The quantitative estimate of drug-likeness (QED) is 0.703. The molecule has 122 valence electrons. The summed E-state index contributed by atoms with van der Waals surface area (Å²) in [5.41, 5.74) is -0.991. The molecule has 2 aliphatic heterocycles. The number of carbonyl (C=O) groups is 1. The molecule has 0 aromatic rings. The third-order valence-corrected chi connectivity index (χ3v) is 6.35. The van der Waals surface area contributed by atoms with Crippen LogP contribution >= 0.6 is 0 Å². The zero-order valence-corrected chi connectivity index (χ0v) is 13.9. The summed E-state index contributed by atoms with van der Waals surface area (Å²) in [4.78, 5) is 16.0. The van der Waals surface area contributed by atoms with Gasteiger partial charge in [0, 0.05) is 52.9 Å². The predicted octanol–water partition coefficient (Wildman–Crippen LogP) is -1.23. The summed E-state index contributed by atoms with van der Waals surface area (Å²) in [6.45, 7) is 8.29. The van der Waals surface area contributed by atoms with E-state index in [1.807, 2.05) is 0 Å². The molecule has 0 spiro atoms. The Bertz CT molecular complexity index is 486. The topological polar surface area (TPSA) is 73.0 Å². The molecular formula is C13H26N4O3S. The Morgan fingerprint density at radius 1 is 1.14 bits per heavy atom. The van der Waals surface area contributed by atoms with Crippen LogP contribution in [0.3, 0.4) is 0 Å². The van der Waals surface area contributed by atoms with E-state index in [0.29, 0.717) is 19.6 Å². The van der Waals surface area contributed by atoms with Gasteiger partial charge in [0.25, 0.3) is 0 Å². The molecule has 7 nitrogen and oxygen atoms in total. The third-order valence-electron chi connectivity index (χ3n) is 4.34. The minimum Gasteiger partial charge on any atom is -0.343 e. The van der Waals surface area contributed by atoms with E-state index in [4.69, 9.17) is 0 Å². The highest BCUT2D eigenvalue weighted by Crippen LogP contribution is 2.25. The van der Waals surface area contributed by atoms with Crippen LogP contribution in [0, 0.1) is 0 Å². The number of hydrogen-bond donors (Lipinski definition) is 1. The van der Waals surface area contributed by atoms with Gasteiger partial charge in [0.15, 0.2) is 0 Å². The fourth-order valence-corrected chi connectivity index (χ4v) is 4.81. The van der Waals surface area contributed by atoms with Crippen molar-refractivity contribution in [3.8, 4) is 0 Å². The van der Waals surface area contributed by atoms with Gasteiger partial charge in [-0.1, -0.05) is 0 Å². The predicted molar refractivity (Wildman–Crippen MR) is 81.5 cm³/mol. The minimum atomic E-state index is -3.42. The molecule has 0 saturated carbocycles. The fourth-order valence-electron chi connectivity index (χ4n) is 2.97. The number of piperazine rings is 2. The maximum Gasteiger partial charge on any atom is 0.243 e. The maximum atomic E-state index is 12.6. The smallest absolute Gasteiger partial charge is 0.243 e. The Labute approximate surface area is 127 Å². The van der Waals surface area contributed by atoms with Crippen molar-refractivity contribution >= 4 is 15.9 Å². The largest absolute Gasteiger partial charge is 0.343 e. The summed E-state index contributed by atoms with van der Waals surface area (Å²) in [6, 6.07) is 0. The van der Waals surface area contributed by atoms with E-state index < -0.39 is 15.6 Å². The molecule has 2 heterocycles. The lowest BCUT2D eigenvalue weighted by Gasteiger charge is -2.43. The molecule has 0 radical (unpaired) electrons. The lowest BCUT2D eigenvalue weighted by molar-refractivity contribution is -0.142. The van der Waals surface area contributed by atoms with Gasteiger partial charge >= 0.3 is 0 Å². The molecule has 2 fully saturated rings. The summed E-state index contributed by atoms with van der Waals surface area (Å²) in [7, 11) is -1.71. The lowest BCUT2D eigenvalue weighted by atomic mass is 10.0. The SMILES string of the molecule is CN1CCN(S(=O)(=O)CCN2CCNCC2)C(C)(C)C1=O. The van der Waals surface area contributed by atoms with Crippen molar-refractivity contribution in [1.82, 2.24) is 19.4 Å². The molecule has 21 heavy (non-hydrogen) atoms. The van der Waals surface area contributed by atoms with E-state index in [9.17, 15) is 13.2 Å². The lowest BCUT2D eigenvalue weighted by Crippen LogP contribution is -2.64. The third kappa shape index (κ3) is 3.56. The molecule has 0 atom stereocenters. The normalized spacial score (nSPS) is 25.3. The first-order valence-corrected chi connectivity index (χ1v) is 9.05. The van der Waals surface area contributed by atoms with E-state index in [2.05, 4.69) is 10.2 Å². The first-order valence-electron chi connectivity index (χ1n) is 7.44. The standard InChI is InChI=1S/C13H26N4O3S/c1-13(2)12(18)15(3)8-9-17(13)21(19,20)11-10-16-6-4-14-5-7-16/h14H,4-11H2,1-3H3. The van der Waals surface area contributed by atoms with Crippen molar-refractivity contribution in [2.45, 2.75) is 19.4 Å². The molecule has 2 aliphatic rings. The number of rotatable bonds is 4. The molecular weight excluding hydrogens is 292 g/mol. The van der Waals surface area contributed by atoms with E-state index in [1.165, 1.54) is 4.31 Å².